The molecule has 4 atom stereocenters. The van der Waals surface area contributed by atoms with Gasteiger partial charge in [0.25, 0.3) is 0 Å². The summed E-state index contributed by atoms with van der Waals surface area (Å²) >= 11 is 0. The second kappa shape index (κ2) is 5.48. The van der Waals surface area contributed by atoms with E-state index in [4.69, 9.17) is 4.74 Å². The van der Waals surface area contributed by atoms with Gasteiger partial charge in [0.2, 0.25) is 5.91 Å². The molecule has 1 amide bonds. The summed E-state index contributed by atoms with van der Waals surface area (Å²) in [5, 5.41) is 0. The summed E-state index contributed by atoms with van der Waals surface area (Å²) in [5.41, 5.74) is 2.94. The first-order valence-electron chi connectivity index (χ1n) is 10.3. The van der Waals surface area contributed by atoms with Crippen LogP contribution in [-0.4, -0.2) is 43.1 Å². The summed E-state index contributed by atoms with van der Waals surface area (Å²) in [7, 11) is 1.73. The van der Waals surface area contributed by atoms with E-state index in [0.29, 0.717) is 17.5 Å². The highest BCUT2D eigenvalue weighted by atomic mass is 16.5. The molecule has 26 heavy (non-hydrogen) atoms. The lowest BCUT2D eigenvalue weighted by atomic mass is 9.52. The van der Waals surface area contributed by atoms with Crippen LogP contribution >= 0.6 is 0 Å². The van der Waals surface area contributed by atoms with E-state index < -0.39 is 0 Å². The van der Waals surface area contributed by atoms with Crippen LogP contribution in [0.5, 0.6) is 5.75 Å². The Balaban J connectivity index is 1.77. The number of ether oxygens (including phenoxy) is 1. The van der Waals surface area contributed by atoms with Gasteiger partial charge in [0.1, 0.15) is 5.75 Å². The van der Waals surface area contributed by atoms with Gasteiger partial charge in [-0.1, -0.05) is 19.1 Å². The molecule has 3 aliphatic heterocycles. The second-order valence-corrected chi connectivity index (χ2v) is 8.85. The third-order valence-electron chi connectivity index (χ3n) is 8.19. The maximum atomic E-state index is 12.8. The summed E-state index contributed by atoms with van der Waals surface area (Å²) in [6.45, 7) is 6.51. The fraction of sp³-hybridized carbons (Fsp3) is 0.682. The minimum Gasteiger partial charge on any atom is -0.495 e. The molecular formula is C22H30N2O2. The van der Waals surface area contributed by atoms with Crippen LogP contribution in [-0.2, 0) is 10.2 Å². The van der Waals surface area contributed by atoms with Gasteiger partial charge in [-0.2, -0.15) is 0 Å². The lowest BCUT2D eigenvalue weighted by Gasteiger charge is -2.58. The Morgan fingerprint density at radius 1 is 1.27 bits per heavy atom. The molecule has 1 aromatic carbocycles. The van der Waals surface area contributed by atoms with E-state index in [1.54, 1.807) is 14.0 Å². The Kier molecular flexibility index (Phi) is 3.50. The predicted octanol–water partition coefficient (Wildman–Crippen LogP) is 3.73. The largest absolute Gasteiger partial charge is 0.495 e. The number of fused-ring (bicyclic) bond motifs is 1. The average molecular weight is 354 g/mol. The van der Waals surface area contributed by atoms with Gasteiger partial charge in [0.15, 0.2) is 0 Å². The van der Waals surface area contributed by atoms with Crippen LogP contribution in [0, 0.1) is 5.41 Å². The molecule has 2 saturated heterocycles. The average Bonchev–Trinajstić information content (AvgIpc) is 3.19. The standard InChI is InChI=1S/C22H30N2O2/c1-4-21-10-6-13-23-14-12-22(20(21)23)16-7-5-8-17(26-3)19(16)24(15(2)25)18(22)9-11-21/h5,7-8,18,20H,4,6,9-14H2,1-3H3/t18?,20-,21?,22+/m1/s1. The van der Waals surface area contributed by atoms with E-state index in [9.17, 15) is 4.79 Å². The molecule has 5 rings (SSSR count). The molecule has 0 bridgehead atoms. The topological polar surface area (TPSA) is 32.8 Å². The van der Waals surface area contributed by atoms with Crippen LogP contribution in [0.25, 0.3) is 0 Å². The Hall–Kier alpha value is -1.55. The maximum absolute atomic E-state index is 12.8. The van der Waals surface area contributed by atoms with Crippen molar-refractivity contribution >= 4 is 11.6 Å². The summed E-state index contributed by atoms with van der Waals surface area (Å²) < 4.78 is 5.73. The van der Waals surface area contributed by atoms with E-state index in [-0.39, 0.29) is 11.3 Å². The van der Waals surface area contributed by atoms with Crippen LogP contribution in [0.4, 0.5) is 5.69 Å². The number of anilines is 1. The fourth-order valence-corrected chi connectivity index (χ4v) is 7.37. The highest BCUT2D eigenvalue weighted by Gasteiger charge is 2.68. The molecular weight excluding hydrogens is 324 g/mol. The Morgan fingerprint density at radius 3 is 2.85 bits per heavy atom. The summed E-state index contributed by atoms with van der Waals surface area (Å²) in [6, 6.07) is 7.30. The molecule has 1 saturated carbocycles. The van der Waals surface area contributed by atoms with Crippen molar-refractivity contribution in [2.75, 3.05) is 25.1 Å². The number of methoxy groups -OCH3 is 1. The molecule has 1 aliphatic carbocycles. The number of carbonyl (C=O) groups excluding carboxylic acids is 1. The van der Waals surface area contributed by atoms with Crippen molar-refractivity contribution in [2.45, 2.75) is 69.9 Å². The number of amides is 1. The molecule has 1 spiro atoms. The normalized spacial score (nSPS) is 37.9. The van der Waals surface area contributed by atoms with Gasteiger partial charge in [-0.15, -0.1) is 0 Å². The monoisotopic (exact) mass is 354 g/mol. The number of benzene rings is 1. The summed E-state index contributed by atoms with van der Waals surface area (Å²) in [5.74, 6) is 1.02. The lowest BCUT2D eigenvalue weighted by molar-refractivity contribution is -0.118. The highest BCUT2D eigenvalue weighted by molar-refractivity contribution is 5.98. The summed E-state index contributed by atoms with van der Waals surface area (Å²) in [4.78, 5) is 17.6. The van der Waals surface area contributed by atoms with E-state index >= 15 is 0 Å². The van der Waals surface area contributed by atoms with Crippen molar-refractivity contribution in [1.82, 2.24) is 4.90 Å². The number of hydrogen-bond acceptors (Lipinski definition) is 3. The van der Waals surface area contributed by atoms with Crippen molar-refractivity contribution in [3.63, 3.8) is 0 Å². The first-order chi connectivity index (χ1) is 12.6. The first-order valence-corrected chi connectivity index (χ1v) is 10.3. The SMILES string of the molecule is CCC12CCCN3CC[C@@]4(c5cccc(OC)c5N(C(C)=O)C4CC1)[C@H]32. The zero-order valence-electron chi connectivity index (χ0n) is 16.3. The third-order valence-corrected chi connectivity index (χ3v) is 8.19. The van der Waals surface area contributed by atoms with Crippen molar-refractivity contribution < 1.29 is 9.53 Å². The molecule has 4 heteroatoms. The van der Waals surface area contributed by atoms with E-state index in [2.05, 4.69) is 28.9 Å². The Morgan fingerprint density at radius 2 is 2.12 bits per heavy atom. The smallest absolute Gasteiger partial charge is 0.224 e. The second-order valence-electron chi connectivity index (χ2n) is 8.85. The van der Waals surface area contributed by atoms with Gasteiger partial charge >= 0.3 is 0 Å². The van der Waals surface area contributed by atoms with Crippen molar-refractivity contribution in [2.24, 2.45) is 5.41 Å². The number of para-hydroxylation sites is 1. The molecule has 0 radical (unpaired) electrons. The van der Waals surface area contributed by atoms with Crippen molar-refractivity contribution in [1.29, 1.82) is 0 Å². The van der Waals surface area contributed by atoms with Gasteiger partial charge in [0.05, 0.1) is 12.8 Å². The third kappa shape index (κ3) is 1.77. The zero-order valence-corrected chi connectivity index (χ0v) is 16.3. The minimum absolute atomic E-state index is 0.0875. The number of piperidine rings is 1. The van der Waals surface area contributed by atoms with Gasteiger partial charge in [0, 0.05) is 24.4 Å². The fourth-order valence-electron chi connectivity index (χ4n) is 7.37. The number of hydrogen-bond donors (Lipinski definition) is 0. The number of carbonyl (C=O) groups is 1. The van der Waals surface area contributed by atoms with Crippen molar-refractivity contribution in [3.05, 3.63) is 23.8 Å². The van der Waals surface area contributed by atoms with Gasteiger partial charge in [-0.05, 0) is 68.7 Å². The maximum Gasteiger partial charge on any atom is 0.224 e. The molecule has 3 fully saturated rings. The number of nitrogens with zero attached hydrogens (tertiary/aromatic N) is 2. The Labute approximate surface area is 156 Å². The van der Waals surface area contributed by atoms with E-state index in [1.165, 1.54) is 50.8 Å². The van der Waals surface area contributed by atoms with Gasteiger partial charge in [-0.25, -0.2) is 0 Å². The first kappa shape index (κ1) is 16.6. The quantitative estimate of drug-likeness (QED) is 0.811. The molecule has 2 unspecified atom stereocenters. The zero-order chi connectivity index (χ0) is 18.1. The molecule has 4 aliphatic rings. The predicted molar refractivity (Wildman–Crippen MR) is 103 cm³/mol. The van der Waals surface area contributed by atoms with E-state index in [1.807, 2.05) is 6.07 Å². The molecule has 0 aromatic heterocycles. The van der Waals surface area contributed by atoms with Crippen molar-refractivity contribution in [3.8, 4) is 5.75 Å². The van der Waals surface area contributed by atoms with Gasteiger partial charge in [-0.3, -0.25) is 9.69 Å². The van der Waals surface area contributed by atoms with Crippen LogP contribution in [0.2, 0.25) is 0 Å². The van der Waals surface area contributed by atoms with Crippen LogP contribution in [0.15, 0.2) is 18.2 Å². The highest BCUT2D eigenvalue weighted by Crippen LogP contribution is 2.66. The molecule has 1 aromatic rings. The number of rotatable bonds is 2. The molecule has 140 valence electrons. The lowest BCUT2D eigenvalue weighted by Crippen LogP contribution is -2.65. The molecule has 3 heterocycles. The minimum atomic E-state index is 0.0875. The van der Waals surface area contributed by atoms with Gasteiger partial charge < -0.3 is 9.64 Å². The molecule has 4 nitrogen and oxygen atoms in total. The van der Waals surface area contributed by atoms with Crippen LogP contribution in [0.3, 0.4) is 0 Å². The van der Waals surface area contributed by atoms with E-state index in [0.717, 1.165) is 17.9 Å². The summed E-state index contributed by atoms with van der Waals surface area (Å²) in [6.07, 6.45) is 7.47. The van der Waals surface area contributed by atoms with Crippen LogP contribution < -0.4 is 9.64 Å². The van der Waals surface area contributed by atoms with Crippen LogP contribution in [0.1, 0.15) is 57.9 Å². The molecule has 0 N–H and O–H groups in total. The Bertz CT molecular complexity index is 763.